The molecule has 1 fully saturated rings. The number of methoxy groups -OCH3 is 1. The van der Waals surface area contributed by atoms with Crippen LogP contribution in [0.15, 0.2) is 40.9 Å². The van der Waals surface area contributed by atoms with E-state index in [-0.39, 0.29) is 5.82 Å². The molecule has 1 saturated heterocycles. The van der Waals surface area contributed by atoms with Crippen LogP contribution in [0.3, 0.4) is 0 Å². The zero-order valence-corrected chi connectivity index (χ0v) is 16.4. The van der Waals surface area contributed by atoms with E-state index in [1.54, 1.807) is 19.2 Å². The van der Waals surface area contributed by atoms with Crippen molar-refractivity contribution in [3.05, 3.63) is 57.8 Å². The summed E-state index contributed by atoms with van der Waals surface area (Å²) in [5.41, 5.74) is 1.99. The first-order valence-electron chi connectivity index (χ1n) is 8.71. The molecule has 2 aromatic carbocycles. The predicted octanol–water partition coefficient (Wildman–Crippen LogP) is 4.44. The molecule has 1 aliphatic rings. The lowest BCUT2D eigenvalue weighted by atomic mass is 10.2. The fraction of sp³-hybridized carbons (Fsp3) is 0.400. The van der Waals surface area contributed by atoms with E-state index in [4.69, 9.17) is 14.2 Å². The molecule has 2 aromatic rings. The third-order valence-electron chi connectivity index (χ3n) is 4.35. The van der Waals surface area contributed by atoms with Gasteiger partial charge in [0.1, 0.15) is 12.4 Å². The van der Waals surface area contributed by atoms with Gasteiger partial charge in [-0.2, -0.15) is 0 Å². The Hall–Kier alpha value is -1.63. The Morgan fingerprint density at radius 3 is 2.73 bits per heavy atom. The molecule has 1 atom stereocenters. The summed E-state index contributed by atoms with van der Waals surface area (Å²) in [6.45, 7) is 2.77. The van der Waals surface area contributed by atoms with Crippen LogP contribution in [0.1, 0.15) is 24.0 Å². The van der Waals surface area contributed by atoms with Gasteiger partial charge in [-0.15, -0.1) is 0 Å². The Kier molecular flexibility index (Phi) is 6.88. The van der Waals surface area contributed by atoms with Gasteiger partial charge in [-0.1, -0.05) is 28.1 Å². The highest BCUT2D eigenvalue weighted by molar-refractivity contribution is 9.10. The van der Waals surface area contributed by atoms with Gasteiger partial charge in [0, 0.05) is 24.2 Å². The van der Waals surface area contributed by atoms with Crippen molar-refractivity contribution >= 4 is 15.9 Å². The molecular formula is C20H23BrFNO3. The van der Waals surface area contributed by atoms with Crippen LogP contribution in [-0.4, -0.2) is 26.4 Å². The molecule has 6 heteroatoms. The maximum absolute atomic E-state index is 13.0. The monoisotopic (exact) mass is 423 g/mol. The molecule has 1 aliphatic heterocycles. The second-order valence-corrected chi connectivity index (χ2v) is 7.13. The van der Waals surface area contributed by atoms with Crippen molar-refractivity contribution in [2.75, 3.05) is 20.3 Å². The van der Waals surface area contributed by atoms with E-state index in [1.807, 2.05) is 12.1 Å². The van der Waals surface area contributed by atoms with Crippen molar-refractivity contribution in [3.63, 3.8) is 0 Å². The van der Waals surface area contributed by atoms with E-state index < -0.39 is 0 Å². The number of hydrogen-bond acceptors (Lipinski definition) is 4. The second kappa shape index (κ2) is 9.35. The maximum atomic E-state index is 13.0. The van der Waals surface area contributed by atoms with Gasteiger partial charge in [-0.3, -0.25) is 0 Å². The zero-order chi connectivity index (χ0) is 18.4. The molecular weight excluding hydrogens is 401 g/mol. The molecule has 0 spiro atoms. The summed E-state index contributed by atoms with van der Waals surface area (Å²) in [4.78, 5) is 0. The van der Waals surface area contributed by atoms with Gasteiger partial charge in [-0.25, -0.2) is 4.39 Å². The number of nitrogens with one attached hydrogen (secondary N) is 1. The van der Waals surface area contributed by atoms with Gasteiger partial charge >= 0.3 is 0 Å². The van der Waals surface area contributed by atoms with Crippen LogP contribution in [0.5, 0.6) is 11.5 Å². The van der Waals surface area contributed by atoms with Crippen molar-refractivity contribution in [3.8, 4) is 11.5 Å². The van der Waals surface area contributed by atoms with Gasteiger partial charge in [0.15, 0.2) is 11.5 Å². The molecule has 1 N–H and O–H groups in total. The van der Waals surface area contributed by atoms with Gasteiger partial charge in [-0.05, 0) is 48.2 Å². The summed E-state index contributed by atoms with van der Waals surface area (Å²) in [6, 6.07) is 10.1. The molecule has 1 unspecified atom stereocenters. The minimum atomic E-state index is -0.256. The molecule has 0 amide bonds. The first-order valence-corrected chi connectivity index (χ1v) is 9.51. The standard InChI is InChI=1S/C20H23BrFNO3/c1-24-19-9-15(11-23-12-17-3-2-8-25-17)18(21)10-20(19)26-13-14-4-6-16(22)7-5-14/h4-7,9-10,17,23H,2-3,8,11-13H2,1H3. The predicted molar refractivity (Wildman–Crippen MR) is 102 cm³/mol. The van der Waals surface area contributed by atoms with Crippen LogP contribution >= 0.6 is 15.9 Å². The zero-order valence-electron chi connectivity index (χ0n) is 14.8. The Bertz CT molecular complexity index is 718. The van der Waals surface area contributed by atoms with Crippen molar-refractivity contribution in [1.29, 1.82) is 0 Å². The molecule has 0 radical (unpaired) electrons. The first-order chi connectivity index (χ1) is 12.7. The number of rotatable bonds is 8. The normalized spacial score (nSPS) is 16.7. The second-order valence-electron chi connectivity index (χ2n) is 6.28. The highest BCUT2D eigenvalue weighted by Gasteiger charge is 2.15. The lowest BCUT2D eigenvalue weighted by Crippen LogP contribution is -2.25. The van der Waals surface area contributed by atoms with Crippen LogP contribution < -0.4 is 14.8 Å². The van der Waals surface area contributed by atoms with Crippen molar-refractivity contribution < 1.29 is 18.6 Å². The number of halogens is 2. The van der Waals surface area contributed by atoms with Crippen LogP contribution in [0.25, 0.3) is 0 Å². The SMILES string of the molecule is COc1cc(CNCC2CCCO2)c(Br)cc1OCc1ccc(F)cc1. The molecule has 1 heterocycles. The lowest BCUT2D eigenvalue weighted by Gasteiger charge is -2.15. The van der Waals surface area contributed by atoms with Crippen LogP contribution in [0.2, 0.25) is 0 Å². The maximum Gasteiger partial charge on any atom is 0.162 e. The number of ether oxygens (including phenoxy) is 3. The highest BCUT2D eigenvalue weighted by atomic mass is 79.9. The van der Waals surface area contributed by atoms with Crippen LogP contribution in [-0.2, 0) is 17.9 Å². The molecule has 0 saturated carbocycles. The van der Waals surface area contributed by atoms with E-state index in [1.165, 1.54) is 12.1 Å². The molecule has 4 nitrogen and oxygen atoms in total. The molecule has 3 rings (SSSR count). The smallest absolute Gasteiger partial charge is 0.162 e. The highest BCUT2D eigenvalue weighted by Crippen LogP contribution is 2.34. The molecule has 0 aliphatic carbocycles. The number of benzene rings is 2. The van der Waals surface area contributed by atoms with E-state index in [0.717, 1.165) is 48.1 Å². The topological polar surface area (TPSA) is 39.7 Å². The van der Waals surface area contributed by atoms with Crippen molar-refractivity contribution in [2.45, 2.75) is 32.1 Å². The van der Waals surface area contributed by atoms with Crippen molar-refractivity contribution in [2.24, 2.45) is 0 Å². The average molecular weight is 424 g/mol. The summed E-state index contributed by atoms with van der Waals surface area (Å²) in [5.74, 6) is 1.06. The number of hydrogen-bond donors (Lipinski definition) is 1. The Balaban J connectivity index is 1.61. The van der Waals surface area contributed by atoms with E-state index in [2.05, 4.69) is 21.2 Å². The van der Waals surface area contributed by atoms with E-state index in [0.29, 0.717) is 24.2 Å². The Morgan fingerprint density at radius 2 is 2.04 bits per heavy atom. The van der Waals surface area contributed by atoms with Gasteiger partial charge < -0.3 is 19.5 Å². The van der Waals surface area contributed by atoms with Crippen molar-refractivity contribution in [1.82, 2.24) is 5.32 Å². The Morgan fingerprint density at radius 1 is 1.23 bits per heavy atom. The minimum absolute atomic E-state index is 0.256. The quantitative estimate of drug-likeness (QED) is 0.680. The Labute approximate surface area is 161 Å². The van der Waals surface area contributed by atoms with Crippen LogP contribution in [0.4, 0.5) is 4.39 Å². The molecule has 26 heavy (non-hydrogen) atoms. The minimum Gasteiger partial charge on any atom is -0.493 e. The van der Waals surface area contributed by atoms with Gasteiger partial charge in [0.25, 0.3) is 0 Å². The van der Waals surface area contributed by atoms with Gasteiger partial charge in [0.05, 0.1) is 13.2 Å². The summed E-state index contributed by atoms with van der Waals surface area (Å²) in [6.07, 6.45) is 2.58. The van der Waals surface area contributed by atoms with E-state index >= 15 is 0 Å². The summed E-state index contributed by atoms with van der Waals surface area (Å²) in [7, 11) is 1.62. The molecule has 0 aromatic heterocycles. The summed E-state index contributed by atoms with van der Waals surface area (Å²) >= 11 is 3.60. The third kappa shape index (κ3) is 5.19. The van der Waals surface area contributed by atoms with Crippen LogP contribution in [0, 0.1) is 5.82 Å². The summed E-state index contributed by atoms with van der Waals surface area (Å²) < 4.78 is 30.9. The third-order valence-corrected chi connectivity index (χ3v) is 5.09. The largest absolute Gasteiger partial charge is 0.493 e. The fourth-order valence-corrected chi connectivity index (χ4v) is 3.36. The van der Waals surface area contributed by atoms with Gasteiger partial charge in [0.2, 0.25) is 0 Å². The fourth-order valence-electron chi connectivity index (χ4n) is 2.90. The summed E-state index contributed by atoms with van der Waals surface area (Å²) in [5, 5.41) is 3.43. The average Bonchev–Trinajstić information content (AvgIpc) is 3.16. The molecule has 0 bridgehead atoms. The first kappa shape index (κ1) is 19.1. The molecule has 140 valence electrons. The lowest BCUT2D eigenvalue weighted by molar-refractivity contribution is 0.110. The van der Waals surface area contributed by atoms with E-state index in [9.17, 15) is 4.39 Å².